The lowest BCUT2D eigenvalue weighted by atomic mass is 9.93. The van der Waals surface area contributed by atoms with Crippen LogP contribution < -0.4 is 11.1 Å². The highest BCUT2D eigenvalue weighted by molar-refractivity contribution is 7.14. The maximum Gasteiger partial charge on any atom is 0.277 e. The normalized spacial score (nSPS) is 11.6. The van der Waals surface area contributed by atoms with Crippen molar-refractivity contribution < 1.29 is 4.79 Å². The highest BCUT2D eigenvalue weighted by atomic mass is 32.1. The van der Waals surface area contributed by atoms with Crippen LogP contribution in [0.25, 0.3) is 0 Å². The molecule has 0 aromatic carbocycles. The monoisotopic (exact) mass is 279 g/mol. The molecule has 0 aliphatic rings. The van der Waals surface area contributed by atoms with E-state index in [1.165, 1.54) is 22.2 Å². The van der Waals surface area contributed by atoms with E-state index in [4.69, 9.17) is 5.73 Å². The number of hydrogen-bond acceptors (Lipinski definition) is 5. The Hall–Kier alpha value is -1.89. The summed E-state index contributed by atoms with van der Waals surface area (Å²) >= 11 is 1.40. The first-order chi connectivity index (χ1) is 8.79. The Bertz CT molecular complexity index is 588. The predicted octanol–water partition coefficient (Wildman–Crippen LogP) is 2.01. The van der Waals surface area contributed by atoms with E-state index >= 15 is 0 Å². The molecule has 0 saturated carbocycles. The minimum atomic E-state index is -0.299. The van der Waals surface area contributed by atoms with Crippen LogP contribution in [0.2, 0.25) is 0 Å². The van der Waals surface area contributed by atoms with Gasteiger partial charge in [0.2, 0.25) is 0 Å². The lowest BCUT2D eigenvalue weighted by Gasteiger charge is -2.14. The van der Waals surface area contributed by atoms with E-state index in [9.17, 15) is 4.79 Å². The molecule has 0 saturated heterocycles. The summed E-state index contributed by atoms with van der Waals surface area (Å²) in [5, 5.41) is 9.20. The summed E-state index contributed by atoms with van der Waals surface area (Å²) in [4.78, 5) is 16.5. The molecule has 0 unspecified atom stereocenters. The molecule has 0 aliphatic carbocycles. The van der Waals surface area contributed by atoms with Crippen LogP contribution in [0, 0.1) is 0 Å². The number of aryl methyl sites for hydroxylation is 1. The molecule has 0 radical (unpaired) electrons. The van der Waals surface area contributed by atoms with Crippen molar-refractivity contribution in [1.82, 2.24) is 14.8 Å². The molecule has 19 heavy (non-hydrogen) atoms. The minimum absolute atomic E-state index is 0.0367. The van der Waals surface area contributed by atoms with Gasteiger partial charge < -0.3 is 5.73 Å². The van der Waals surface area contributed by atoms with Crippen molar-refractivity contribution in [3.05, 3.63) is 23.0 Å². The summed E-state index contributed by atoms with van der Waals surface area (Å²) in [5.41, 5.74) is 7.32. The number of nitrogens with zero attached hydrogens (tertiary/aromatic N) is 3. The number of nitrogens with one attached hydrogen (secondary N) is 1. The van der Waals surface area contributed by atoms with Crippen LogP contribution in [0.5, 0.6) is 0 Å². The number of hydrogen-bond donors (Lipinski definition) is 2. The van der Waals surface area contributed by atoms with Crippen LogP contribution in [0.1, 0.15) is 37.0 Å². The number of thiazole rings is 1. The molecular weight excluding hydrogens is 262 g/mol. The van der Waals surface area contributed by atoms with Gasteiger partial charge in [-0.05, 0) is 0 Å². The number of carbonyl (C=O) groups is 1. The Kier molecular flexibility index (Phi) is 3.32. The number of nitrogens with two attached hydrogens (primary N) is 1. The van der Waals surface area contributed by atoms with Crippen LogP contribution in [0.15, 0.2) is 11.6 Å². The van der Waals surface area contributed by atoms with Gasteiger partial charge in [0.05, 0.1) is 17.6 Å². The van der Waals surface area contributed by atoms with E-state index in [2.05, 4.69) is 36.2 Å². The Morgan fingerprint density at radius 1 is 1.47 bits per heavy atom. The molecule has 0 bridgehead atoms. The van der Waals surface area contributed by atoms with Gasteiger partial charge in [0.1, 0.15) is 5.69 Å². The van der Waals surface area contributed by atoms with Gasteiger partial charge in [-0.15, -0.1) is 11.3 Å². The summed E-state index contributed by atoms with van der Waals surface area (Å²) in [6.45, 7) is 6.23. The fourth-order valence-electron chi connectivity index (χ4n) is 1.56. The first-order valence-corrected chi connectivity index (χ1v) is 6.72. The summed E-state index contributed by atoms with van der Waals surface area (Å²) in [5.74, 6) is -0.299. The average molecular weight is 279 g/mol. The van der Waals surface area contributed by atoms with Crippen molar-refractivity contribution >= 4 is 28.1 Å². The second kappa shape index (κ2) is 4.65. The number of anilines is 2. The molecule has 0 atom stereocenters. The number of rotatable bonds is 2. The van der Waals surface area contributed by atoms with Crippen molar-refractivity contribution in [1.29, 1.82) is 0 Å². The zero-order valence-corrected chi connectivity index (χ0v) is 12.2. The fourth-order valence-corrected chi connectivity index (χ4v) is 2.50. The lowest BCUT2D eigenvalue weighted by Crippen LogP contribution is -2.18. The molecule has 102 valence electrons. The molecular formula is C12H17N5OS. The molecule has 1 amide bonds. The Balaban J connectivity index is 2.18. The highest BCUT2D eigenvalue weighted by Crippen LogP contribution is 2.26. The van der Waals surface area contributed by atoms with Gasteiger partial charge in [0.15, 0.2) is 5.13 Å². The predicted molar refractivity (Wildman–Crippen MR) is 76.4 cm³/mol. The van der Waals surface area contributed by atoms with Gasteiger partial charge in [-0.1, -0.05) is 20.8 Å². The number of aromatic nitrogens is 3. The van der Waals surface area contributed by atoms with Crippen LogP contribution in [-0.2, 0) is 12.5 Å². The Morgan fingerprint density at radius 2 is 2.16 bits per heavy atom. The molecule has 2 aromatic rings. The van der Waals surface area contributed by atoms with Gasteiger partial charge in [0.25, 0.3) is 5.91 Å². The lowest BCUT2D eigenvalue weighted by molar-refractivity contribution is 0.101. The molecule has 0 aliphatic heterocycles. The van der Waals surface area contributed by atoms with Crippen molar-refractivity contribution in [3.63, 3.8) is 0 Å². The first-order valence-electron chi connectivity index (χ1n) is 5.84. The van der Waals surface area contributed by atoms with Gasteiger partial charge in [-0.25, -0.2) is 4.98 Å². The summed E-state index contributed by atoms with van der Waals surface area (Å²) in [6.07, 6.45) is 1.46. The third-order valence-electron chi connectivity index (χ3n) is 2.68. The topological polar surface area (TPSA) is 85.8 Å². The second-order valence-electron chi connectivity index (χ2n) is 5.31. The summed E-state index contributed by atoms with van der Waals surface area (Å²) < 4.78 is 1.45. The molecule has 6 nitrogen and oxygen atoms in total. The van der Waals surface area contributed by atoms with Crippen molar-refractivity contribution in [3.8, 4) is 0 Å². The van der Waals surface area contributed by atoms with E-state index in [0.29, 0.717) is 16.5 Å². The number of carbonyl (C=O) groups excluding carboxylic acids is 1. The SMILES string of the molecule is Cn1ncc(N)c1C(=O)Nc1nc(C(C)(C)C)cs1. The van der Waals surface area contributed by atoms with Gasteiger partial charge >= 0.3 is 0 Å². The molecule has 2 aromatic heterocycles. The quantitative estimate of drug-likeness (QED) is 0.880. The van der Waals surface area contributed by atoms with Crippen molar-refractivity contribution in [2.24, 2.45) is 7.05 Å². The molecule has 3 N–H and O–H groups in total. The molecule has 0 spiro atoms. The summed E-state index contributed by atoms with van der Waals surface area (Å²) in [7, 11) is 1.67. The molecule has 2 rings (SSSR count). The van der Waals surface area contributed by atoms with Gasteiger partial charge in [-0.3, -0.25) is 14.8 Å². The third kappa shape index (κ3) is 2.76. The standard InChI is InChI=1S/C12H17N5OS/c1-12(2,3)8-6-19-11(15-8)16-10(18)9-7(13)5-14-17(9)4/h5-6H,13H2,1-4H3,(H,15,16,18). The molecule has 7 heteroatoms. The highest BCUT2D eigenvalue weighted by Gasteiger charge is 2.20. The van der Waals surface area contributed by atoms with Crippen molar-refractivity contribution in [2.45, 2.75) is 26.2 Å². The van der Waals surface area contributed by atoms with E-state index in [1.807, 2.05) is 5.38 Å². The maximum atomic E-state index is 12.1. The third-order valence-corrected chi connectivity index (χ3v) is 3.43. The van der Waals surface area contributed by atoms with E-state index in [-0.39, 0.29) is 11.3 Å². The zero-order valence-electron chi connectivity index (χ0n) is 11.4. The van der Waals surface area contributed by atoms with E-state index < -0.39 is 0 Å². The van der Waals surface area contributed by atoms with E-state index in [1.54, 1.807) is 7.05 Å². The number of amides is 1. The smallest absolute Gasteiger partial charge is 0.277 e. The molecule has 2 heterocycles. The summed E-state index contributed by atoms with van der Waals surface area (Å²) in [6, 6.07) is 0. The van der Waals surface area contributed by atoms with Crippen LogP contribution in [0.4, 0.5) is 10.8 Å². The maximum absolute atomic E-state index is 12.1. The fraction of sp³-hybridized carbons (Fsp3) is 0.417. The average Bonchev–Trinajstić information content (AvgIpc) is 2.85. The largest absolute Gasteiger partial charge is 0.396 e. The van der Waals surface area contributed by atoms with Gasteiger partial charge in [-0.2, -0.15) is 5.10 Å². The Morgan fingerprint density at radius 3 is 2.63 bits per heavy atom. The second-order valence-corrected chi connectivity index (χ2v) is 6.17. The zero-order chi connectivity index (χ0) is 14.2. The molecule has 0 fully saturated rings. The first kappa shape index (κ1) is 13.5. The van der Waals surface area contributed by atoms with Crippen LogP contribution in [0.3, 0.4) is 0 Å². The number of nitrogen functional groups attached to an aromatic ring is 1. The van der Waals surface area contributed by atoms with Gasteiger partial charge in [0, 0.05) is 17.8 Å². The van der Waals surface area contributed by atoms with Crippen LogP contribution in [-0.4, -0.2) is 20.7 Å². The Labute approximate surface area is 115 Å². The van der Waals surface area contributed by atoms with Crippen molar-refractivity contribution in [2.75, 3.05) is 11.1 Å². The minimum Gasteiger partial charge on any atom is -0.396 e. The van der Waals surface area contributed by atoms with E-state index in [0.717, 1.165) is 5.69 Å². The van der Waals surface area contributed by atoms with Crippen LogP contribution >= 0.6 is 11.3 Å².